The van der Waals surface area contributed by atoms with Gasteiger partial charge >= 0.3 is 0 Å². The fourth-order valence-electron chi connectivity index (χ4n) is 1.98. The summed E-state index contributed by atoms with van der Waals surface area (Å²) in [7, 11) is 0. The number of halogens is 1. The summed E-state index contributed by atoms with van der Waals surface area (Å²) in [6.07, 6.45) is 0. The van der Waals surface area contributed by atoms with Crippen LogP contribution in [0.3, 0.4) is 0 Å². The summed E-state index contributed by atoms with van der Waals surface area (Å²) in [5, 5.41) is 19.0. The highest BCUT2D eigenvalue weighted by Gasteiger charge is 2.17. The molecule has 2 aromatic rings. The Labute approximate surface area is 111 Å². The van der Waals surface area contributed by atoms with Crippen molar-refractivity contribution in [3.8, 4) is 0 Å². The van der Waals surface area contributed by atoms with Crippen molar-refractivity contribution in [3.63, 3.8) is 0 Å². The highest BCUT2D eigenvalue weighted by Crippen LogP contribution is 2.11. The summed E-state index contributed by atoms with van der Waals surface area (Å²) < 4.78 is 0. The molecule has 18 heavy (non-hydrogen) atoms. The van der Waals surface area contributed by atoms with Crippen molar-refractivity contribution < 1.29 is 4.85 Å². The third-order valence-corrected chi connectivity index (χ3v) is 2.89. The first-order valence-corrected chi connectivity index (χ1v) is 5.67. The molecule has 1 saturated heterocycles. The Morgan fingerprint density at radius 3 is 2.72 bits per heavy atom. The van der Waals surface area contributed by atoms with E-state index < -0.39 is 0 Å². The molecular formula is C11H14ClN5O. The Hall–Kier alpha value is -1.66. The summed E-state index contributed by atoms with van der Waals surface area (Å²) in [6.45, 7) is 3.46. The first kappa shape index (κ1) is 12.8. The second-order valence-corrected chi connectivity index (χ2v) is 4.01. The molecule has 7 heteroatoms. The van der Waals surface area contributed by atoms with Crippen molar-refractivity contribution >= 4 is 29.4 Å². The lowest BCUT2D eigenvalue weighted by Gasteiger charge is -2.26. The fourth-order valence-corrected chi connectivity index (χ4v) is 1.98. The van der Waals surface area contributed by atoms with Gasteiger partial charge in [0, 0.05) is 32.2 Å². The minimum atomic E-state index is 0. The molecule has 0 atom stereocenters. The first-order valence-electron chi connectivity index (χ1n) is 5.67. The number of fused-ring (bicyclic) bond motifs is 1. The second-order valence-electron chi connectivity index (χ2n) is 4.01. The number of hydrogen-bond acceptors (Lipinski definition) is 5. The third kappa shape index (κ3) is 2.30. The zero-order chi connectivity index (χ0) is 11.7. The van der Waals surface area contributed by atoms with Crippen LogP contribution in [0.4, 0.5) is 5.95 Å². The Balaban J connectivity index is 0.00000120. The molecule has 1 N–H and O–H groups in total. The zero-order valence-corrected chi connectivity index (χ0v) is 10.6. The van der Waals surface area contributed by atoms with Gasteiger partial charge in [0.2, 0.25) is 0 Å². The van der Waals surface area contributed by atoms with E-state index in [-0.39, 0.29) is 12.4 Å². The van der Waals surface area contributed by atoms with Crippen LogP contribution in [-0.4, -0.2) is 36.3 Å². The maximum Gasteiger partial charge on any atom is 0.293 e. The smallest absolute Gasteiger partial charge is 0.293 e. The van der Waals surface area contributed by atoms with Gasteiger partial charge in [-0.15, -0.1) is 12.4 Å². The average Bonchev–Trinajstić information content (AvgIpc) is 2.40. The number of nitrogens with zero attached hydrogens (tertiary/aromatic N) is 4. The summed E-state index contributed by atoms with van der Waals surface area (Å²) in [6, 6.07) is 7.24. The Morgan fingerprint density at radius 1 is 1.22 bits per heavy atom. The molecule has 1 aromatic heterocycles. The van der Waals surface area contributed by atoms with Crippen LogP contribution < -0.4 is 15.1 Å². The van der Waals surface area contributed by atoms with Crippen molar-refractivity contribution in [2.24, 2.45) is 0 Å². The number of anilines is 1. The molecule has 1 aromatic carbocycles. The Kier molecular flexibility index (Phi) is 3.78. The van der Waals surface area contributed by atoms with Crippen LogP contribution in [0.1, 0.15) is 0 Å². The lowest BCUT2D eigenvalue weighted by molar-refractivity contribution is -0.641. The largest absolute Gasteiger partial charge is 0.594 e. The van der Waals surface area contributed by atoms with E-state index in [0.717, 1.165) is 26.2 Å². The fraction of sp³-hybridized carbons (Fsp3) is 0.364. The molecule has 1 aliphatic rings. The number of hydrogen-bond donors (Lipinski definition) is 1. The van der Waals surface area contributed by atoms with Gasteiger partial charge in [0.15, 0.2) is 0 Å². The predicted molar refractivity (Wildman–Crippen MR) is 70.8 cm³/mol. The monoisotopic (exact) mass is 267 g/mol. The molecule has 1 aliphatic heterocycles. The normalized spacial score (nSPS) is 15.4. The summed E-state index contributed by atoms with van der Waals surface area (Å²) in [4.78, 5) is 7.10. The zero-order valence-electron chi connectivity index (χ0n) is 9.74. The first-order chi connectivity index (χ1) is 8.34. The van der Waals surface area contributed by atoms with Crippen molar-refractivity contribution in [3.05, 3.63) is 29.5 Å². The Bertz CT molecular complexity index is 544. The minimum absolute atomic E-state index is 0. The van der Waals surface area contributed by atoms with Gasteiger partial charge in [-0.1, -0.05) is 12.1 Å². The van der Waals surface area contributed by atoms with Crippen LogP contribution in [-0.2, 0) is 0 Å². The van der Waals surface area contributed by atoms with Crippen LogP contribution in [0.2, 0.25) is 0 Å². The van der Waals surface area contributed by atoms with Crippen molar-refractivity contribution in [2.45, 2.75) is 0 Å². The standard InChI is InChI=1S/C11H13N5O.ClH/c17-16-10-4-2-1-3-9(10)13-11(14-16)15-7-5-12-6-8-15;/h1-4,12H,5-8H2;1H. The van der Waals surface area contributed by atoms with Gasteiger partial charge in [-0.2, -0.15) is 0 Å². The molecule has 0 bridgehead atoms. The highest BCUT2D eigenvalue weighted by molar-refractivity contribution is 5.85. The van der Waals surface area contributed by atoms with E-state index in [9.17, 15) is 5.21 Å². The van der Waals surface area contributed by atoms with Crippen molar-refractivity contribution in [1.82, 2.24) is 15.4 Å². The summed E-state index contributed by atoms with van der Waals surface area (Å²) >= 11 is 0. The number of piperazine rings is 1. The quantitative estimate of drug-likeness (QED) is 0.586. The van der Waals surface area contributed by atoms with Gasteiger partial charge in [0.1, 0.15) is 5.52 Å². The maximum absolute atomic E-state index is 11.8. The van der Waals surface area contributed by atoms with Gasteiger partial charge in [-0.3, -0.25) is 0 Å². The van der Waals surface area contributed by atoms with Crippen LogP contribution in [0.25, 0.3) is 11.0 Å². The SMILES string of the molecule is Cl.[O-][n+]1nc(N2CCNCC2)nc2ccccc21. The van der Waals surface area contributed by atoms with Gasteiger partial charge < -0.3 is 15.4 Å². The second kappa shape index (κ2) is 5.32. The summed E-state index contributed by atoms with van der Waals surface area (Å²) in [5.74, 6) is 0.514. The number of aromatic nitrogens is 3. The van der Waals surface area contributed by atoms with E-state index in [0.29, 0.717) is 21.8 Å². The van der Waals surface area contributed by atoms with Crippen LogP contribution >= 0.6 is 12.4 Å². The molecule has 96 valence electrons. The highest BCUT2D eigenvalue weighted by atomic mass is 35.5. The van der Waals surface area contributed by atoms with E-state index in [1.165, 1.54) is 0 Å². The molecule has 0 spiro atoms. The minimum Gasteiger partial charge on any atom is -0.594 e. The number of rotatable bonds is 1. The lowest BCUT2D eigenvalue weighted by atomic mass is 10.3. The van der Waals surface area contributed by atoms with Gasteiger partial charge in [-0.05, 0) is 10.9 Å². The molecule has 3 rings (SSSR count). The number of benzene rings is 1. The van der Waals surface area contributed by atoms with E-state index in [2.05, 4.69) is 15.4 Å². The predicted octanol–water partition coefficient (Wildman–Crippen LogP) is 0.0946. The molecule has 0 radical (unpaired) electrons. The molecule has 2 heterocycles. The van der Waals surface area contributed by atoms with Gasteiger partial charge in [0.25, 0.3) is 11.5 Å². The molecule has 0 amide bonds. The molecule has 6 nitrogen and oxygen atoms in total. The van der Waals surface area contributed by atoms with E-state index in [1.807, 2.05) is 23.1 Å². The topological polar surface area (TPSA) is 68.0 Å². The lowest BCUT2D eigenvalue weighted by Crippen LogP contribution is -2.46. The molecule has 0 aliphatic carbocycles. The van der Waals surface area contributed by atoms with Crippen LogP contribution in [0.5, 0.6) is 0 Å². The van der Waals surface area contributed by atoms with E-state index in [4.69, 9.17) is 0 Å². The molecule has 1 fully saturated rings. The molecular weight excluding hydrogens is 254 g/mol. The number of para-hydroxylation sites is 2. The van der Waals surface area contributed by atoms with Crippen LogP contribution in [0.15, 0.2) is 24.3 Å². The van der Waals surface area contributed by atoms with Crippen molar-refractivity contribution in [1.29, 1.82) is 0 Å². The van der Waals surface area contributed by atoms with Gasteiger partial charge in [-0.25, -0.2) is 4.98 Å². The molecule has 0 saturated carbocycles. The van der Waals surface area contributed by atoms with Gasteiger partial charge in [0.05, 0.1) is 5.10 Å². The van der Waals surface area contributed by atoms with Crippen molar-refractivity contribution in [2.75, 3.05) is 31.1 Å². The summed E-state index contributed by atoms with van der Waals surface area (Å²) in [5.41, 5.74) is 1.19. The molecule has 0 unspecified atom stereocenters. The van der Waals surface area contributed by atoms with E-state index in [1.54, 1.807) is 6.07 Å². The number of nitrogens with one attached hydrogen (secondary N) is 1. The maximum atomic E-state index is 11.8. The van der Waals surface area contributed by atoms with E-state index >= 15 is 0 Å². The third-order valence-electron chi connectivity index (χ3n) is 2.89. The average molecular weight is 268 g/mol. The van der Waals surface area contributed by atoms with Crippen LogP contribution in [0, 0.1) is 5.21 Å². The Morgan fingerprint density at radius 2 is 1.94 bits per heavy atom.